The Hall–Kier alpha value is -2.34. The molecule has 150 valence electrons. The fourth-order valence-corrected chi connectivity index (χ4v) is 3.67. The summed E-state index contributed by atoms with van der Waals surface area (Å²) in [4.78, 5) is 27.2. The van der Waals surface area contributed by atoms with E-state index in [0.717, 1.165) is 31.4 Å². The summed E-state index contributed by atoms with van der Waals surface area (Å²) in [5.41, 5.74) is 1.17. The Morgan fingerprint density at radius 1 is 1.29 bits per heavy atom. The highest BCUT2D eigenvalue weighted by atomic mass is 35.5. The summed E-state index contributed by atoms with van der Waals surface area (Å²) in [6, 6.07) is 9.11. The number of likely N-dealkylation sites (tertiary alicyclic amines) is 1. The van der Waals surface area contributed by atoms with Gasteiger partial charge in [0.2, 0.25) is 5.91 Å². The molecule has 1 aliphatic heterocycles. The predicted octanol–water partition coefficient (Wildman–Crippen LogP) is 3.68. The van der Waals surface area contributed by atoms with E-state index in [1.165, 1.54) is 0 Å². The van der Waals surface area contributed by atoms with E-state index in [2.05, 4.69) is 17.3 Å². The van der Waals surface area contributed by atoms with Gasteiger partial charge in [-0.25, -0.2) is 4.68 Å². The van der Waals surface area contributed by atoms with Crippen LogP contribution in [-0.4, -0.2) is 45.6 Å². The van der Waals surface area contributed by atoms with Crippen molar-refractivity contribution in [3.63, 3.8) is 0 Å². The minimum Gasteiger partial charge on any atom is -0.356 e. The van der Waals surface area contributed by atoms with Gasteiger partial charge in [-0.3, -0.25) is 9.59 Å². The number of benzene rings is 1. The van der Waals surface area contributed by atoms with E-state index in [-0.39, 0.29) is 23.8 Å². The van der Waals surface area contributed by atoms with Gasteiger partial charge in [0.1, 0.15) is 0 Å². The molecule has 0 radical (unpaired) electrons. The van der Waals surface area contributed by atoms with Crippen LogP contribution in [0.5, 0.6) is 0 Å². The quantitative estimate of drug-likeness (QED) is 0.749. The third-order valence-corrected chi connectivity index (χ3v) is 5.46. The van der Waals surface area contributed by atoms with Crippen molar-refractivity contribution in [2.75, 3.05) is 13.1 Å². The van der Waals surface area contributed by atoms with Gasteiger partial charge in [-0.2, -0.15) is 5.10 Å². The number of halogens is 1. The van der Waals surface area contributed by atoms with E-state index < -0.39 is 0 Å². The molecule has 1 saturated heterocycles. The van der Waals surface area contributed by atoms with Gasteiger partial charge in [0, 0.05) is 30.4 Å². The Kier molecular flexibility index (Phi) is 6.73. The molecule has 1 aliphatic rings. The highest BCUT2D eigenvalue weighted by Gasteiger charge is 2.33. The Balaban J connectivity index is 1.69. The first-order chi connectivity index (χ1) is 13.5. The van der Waals surface area contributed by atoms with Crippen LogP contribution in [0.15, 0.2) is 36.5 Å². The van der Waals surface area contributed by atoms with Gasteiger partial charge < -0.3 is 10.2 Å². The highest BCUT2D eigenvalue weighted by molar-refractivity contribution is 6.30. The summed E-state index contributed by atoms with van der Waals surface area (Å²) in [6.07, 6.45) is 5.38. The smallest absolute Gasteiger partial charge is 0.274 e. The van der Waals surface area contributed by atoms with E-state index in [4.69, 9.17) is 11.6 Å². The lowest BCUT2D eigenvalue weighted by Crippen LogP contribution is -2.49. The van der Waals surface area contributed by atoms with Crippen LogP contribution in [0, 0.1) is 5.92 Å². The fraction of sp³-hybridized carbons (Fsp3) is 0.476. The lowest BCUT2D eigenvalue weighted by atomic mass is 9.92. The van der Waals surface area contributed by atoms with Crippen molar-refractivity contribution in [3.05, 3.63) is 47.2 Å². The van der Waals surface area contributed by atoms with Crippen LogP contribution in [0.2, 0.25) is 5.02 Å². The lowest BCUT2D eigenvalue weighted by Gasteiger charge is -2.37. The molecule has 2 amide bonds. The van der Waals surface area contributed by atoms with Gasteiger partial charge in [-0.05, 0) is 50.5 Å². The molecule has 2 atom stereocenters. The maximum atomic E-state index is 13.0. The number of hydrogen-bond donors (Lipinski definition) is 1. The molecule has 2 heterocycles. The average molecular weight is 403 g/mol. The molecule has 6 nitrogen and oxygen atoms in total. The number of nitrogens with zero attached hydrogens (tertiary/aromatic N) is 3. The Labute approximate surface area is 170 Å². The normalized spacial score (nSPS) is 19.5. The third-order valence-electron chi connectivity index (χ3n) is 5.22. The van der Waals surface area contributed by atoms with Crippen LogP contribution in [0.4, 0.5) is 0 Å². The molecule has 7 heteroatoms. The number of amides is 2. The zero-order valence-corrected chi connectivity index (χ0v) is 17.2. The molecule has 1 aromatic carbocycles. The molecule has 0 bridgehead atoms. The van der Waals surface area contributed by atoms with Gasteiger partial charge in [-0.15, -0.1) is 0 Å². The zero-order chi connectivity index (χ0) is 20.1. The van der Waals surface area contributed by atoms with E-state index >= 15 is 0 Å². The van der Waals surface area contributed by atoms with E-state index in [1.54, 1.807) is 34.0 Å². The largest absolute Gasteiger partial charge is 0.356 e. The van der Waals surface area contributed by atoms with Crippen LogP contribution >= 0.6 is 11.6 Å². The van der Waals surface area contributed by atoms with Crippen molar-refractivity contribution in [2.24, 2.45) is 5.92 Å². The number of piperidine rings is 1. The summed E-state index contributed by atoms with van der Waals surface area (Å²) in [5, 5.41) is 8.03. The van der Waals surface area contributed by atoms with Crippen molar-refractivity contribution in [1.29, 1.82) is 0 Å². The number of hydrogen-bond acceptors (Lipinski definition) is 3. The Morgan fingerprint density at radius 2 is 2.11 bits per heavy atom. The van der Waals surface area contributed by atoms with E-state index in [1.807, 2.05) is 19.1 Å². The third kappa shape index (κ3) is 4.73. The van der Waals surface area contributed by atoms with Crippen LogP contribution in [0.1, 0.15) is 50.0 Å². The van der Waals surface area contributed by atoms with E-state index in [9.17, 15) is 9.59 Å². The van der Waals surface area contributed by atoms with E-state index in [0.29, 0.717) is 23.8 Å². The Bertz CT molecular complexity index is 835. The maximum absolute atomic E-state index is 13.0. The highest BCUT2D eigenvalue weighted by Crippen LogP contribution is 2.24. The number of carbonyl (C=O) groups is 2. The minimum absolute atomic E-state index is 0.0441. The lowest BCUT2D eigenvalue weighted by molar-refractivity contribution is -0.126. The van der Waals surface area contributed by atoms with Crippen LogP contribution < -0.4 is 5.32 Å². The summed E-state index contributed by atoms with van der Waals surface area (Å²) in [7, 11) is 0. The molecule has 1 N–H and O–H groups in total. The van der Waals surface area contributed by atoms with Gasteiger partial charge in [0.15, 0.2) is 5.69 Å². The molecule has 2 unspecified atom stereocenters. The number of unbranched alkanes of at least 4 members (excludes halogenated alkanes) is 1. The summed E-state index contributed by atoms with van der Waals surface area (Å²) < 4.78 is 1.64. The standard InChI is InChI=1S/C21H27ClN4O2/c1-3-4-11-23-20(27)16-9-8-15(2)25(14-16)21(28)19-10-12-26(24-19)18-7-5-6-17(22)13-18/h5-7,10,12-13,15-16H,3-4,8-9,11,14H2,1-2H3,(H,23,27). The van der Waals surface area contributed by atoms with Crippen molar-refractivity contribution >= 4 is 23.4 Å². The Morgan fingerprint density at radius 3 is 2.86 bits per heavy atom. The van der Waals surface area contributed by atoms with Crippen LogP contribution in [0.3, 0.4) is 0 Å². The van der Waals surface area contributed by atoms with Crippen LogP contribution in [-0.2, 0) is 4.79 Å². The molecular weight excluding hydrogens is 376 g/mol. The number of rotatable bonds is 6. The summed E-state index contributed by atoms with van der Waals surface area (Å²) in [5.74, 6) is -0.256. The van der Waals surface area contributed by atoms with Crippen LogP contribution in [0.25, 0.3) is 5.69 Å². The predicted molar refractivity (Wildman–Crippen MR) is 110 cm³/mol. The number of carbonyl (C=O) groups excluding carboxylic acids is 2. The first-order valence-corrected chi connectivity index (χ1v) is 10.3. The fourth-order valence-electron chi connectivity index (χ4n) is 3.48. The maximum Gasteiger partial charge on any atom is 0.274 e. The monoisotopic (exact) mass is 402 g/mol. The van der Waals surface area contributed by atoms with Crippen molar-refractivity contribution in [3.8, 4) is 5.69 Å². The van der Waals surface area contributed by atoms with Crippen molar-refractivity contribution < 1.29 is 9.59 Å². The molecular formula is C21H27ClN4O2. The molecule has 0 aliphatic carbocycles. The molecule has 1 fully saturated rings. The zero-order valence-electron chi connectivity index (χ0n) is 16.4. The van der Waals surface area contributed by atoms with Crippen molar-refractivity contribution in [2.45, 2.75) is 45.6 Å². The molecule has 28 heavy (non-hydrogen) atoms. The van der Waals surface area contributed by atoms with Crippen molar-refractivity contribution in [1.82, 2.24) is 20.0 Å². The molecule has 2 aromatic rings. The van der Waals surface area contributed by atoms with Gasteiger partial charge in [0.25, 0.3) is 5.91 Å². The summed E-state index contributed by atoms with van der Waals surface area (Å²) in [6.45, 7) is 5.25. The SMILES string of the molecule is CCCCNC(=O)C1CCC(C)N(C(=O)c2ccn(-c3cccc(Cl)c3)n2)C1. The minimum atomic E-state index is -0.160. The number of nitrogens with one attached hydrogen (secondary N) is 1. The molecule has 1 aromatic heterocycles. The van der Waals surface area contributed by atoms with Gasteiger partial charge in [-0.1, -0.05) is 31.0 Å². The second-order valence-corrected chi connectivity index (χ2v) is 7.79. The van der Waals surface area contributed by atoms with Gasteiger partial charge >= 0.3 is 0 Å². The first-order valence-electron chi connectivity index (χ1n) is 9.90. The topological polar surface area (TPSA) is 67.2 Å². The molecule has 0 saturated carbocycles. The second-order valence-electron chi connectivity index (χ2n) is 7.35. The van der Waals surface area contributed by atoms with Gasteiger partial charge in [0.05, 0.1) is 11.6 Å². The second kappa shape index (κ2) is 9.24. The molecule has 3 rings (SSSR count). The average Bonchev–Trinajstić information content (AvgIpc) is 3.18. The number of aromatic nitrogens is 2. The summed E-state index contributed by atoms with van der Waals surface area (Å²) >= 11 is 6.04. The first kappa shape index (κ1) is 20.4. The molecule has 0 spiro atoms.